The molecule has 0 aromatic carbocycles. The molecule has 1 saturated heterocycles. The highest BCUT2D eigenvalue weighted by molar-refractivity contribution is 6.33. The van der Waals surface area contributed by atoms with Crippen LogP contribution in [0.15, 0.2) is 18.6 Å². The molecule has 0 N–H and O–H groups in total. The van der Waals surface area contributed by atoms with E-state index in [0.29, 0.717) is 23.6 Å². The number of fused-ring (bicyclic) bond motifs is 2. The fourth-order valence-corrected chi connectivity index (χ4v) is 4.05. The van der Waals surface area contributed by atoms with Gasteiger partial charge in [0.25, 0.3) is 0 Å². The summed E-state index contributed by atoms with van der Waals surface area (Å²) in [7, 11) is 0. The van der Waals surface area contributed by atoms with Crippen LogP contribution in [0.2, 0.25) is 5.15 Å². The second kappa shape index (κ2) is 4.88. The molecule has 0 radical (unpaired) electrons. The van der Waals surface area contributed by atoms with Crippen molar-refractivity contribution in [1.29, 1.82) is 0 Å². The van der Waals surface area contributed by atoms with Crippen molar-refractivity contribution in [1.82, 2.24) is 14.5 Å². The lowest BCUT2D eigenvalue weighted by molar-refractivity contribution is -0.171. The molecule has 1 aliphatic carbocycles. The topological polar surface area (TPSA) is 49.2 Å². The number of aromatic nitrogens is 3. The van der Waals surface area contributed by atoms with Crippen molar-refractivity contribution in [2.75, 3.05) is 0 Å². The maximum Gasteiger partial charge on any atom is 0.164 e. The SMILES string of the molecule is CC[C@@]1(F)C[C@@H](n2ccc3c(Cl)ncnc32)[C@@H]2OC(C)(C)O[C@@H]21. The molecule has 2 aromatic heterocycles. The van der Waals surface area contributed by atoms with Crippen LogP contribution < -0.4 is 0 Å². The normalized spacial score (nSPS) is 35.8. The van der Waals surface area contributed by atoms with Crippen molar-refractivity contribution in [2.24, 2.45) is 0 Å². The Kier molecular flexibility index (Phi) is 3.25. The second-order valence-corrected chi connectivity index (χ2v) is 7.16. The van der Waals surface area contributed by atoms with Crippen molar-refractivity contribution < 1.29 is 13.9 Å². The van der Waals surface area contributed by atoms with Crippen LogP contribution in [-0.2, 0) is 9.47 Å². The third kappa shape index (κ3) is 2.19. The van der Waals surface area contributed by atoms with Crippen LogP contribution in [0.1, 0.15) is 39.7 Å². The lowest BCUT2D eigenvalue weighted by atomic mass is 9.98. The smallest absolute Gasteiger partial charge is 0.164 e. The van der Waals surface area contributed by atoms with Crippen LogP contribution in [-0.4, -0.2) is 38.2 Å². The molecule has 23 heavy (non-hydrogen) atoms. The molecule has 0 amide bonds. The summed E-state index contributed by atoms with van der Waals surface area (Å²) in [5.41, 5.74) is -0.710. The highest BCUT2D eigenvalue weighted by Crippen LogP contribution is 2.52. The molecule has 1 saturated carbocycles. The molecule has 0 unspecified atom stereocenters. The van der Waals surface area contributed by atoms with Crippen molar-refractivity contribution in [3.63, 3.8) is 0 Å². The highest BCUT2D eigenvalue weighted by Gasteiger charge is 2.62. The van der Waals surface area contributed by atoms with E-state index in [0.717, 1.165) is 5.39 Å². The summed E-state index contributed by atoms with van der Waals surface area (Å²) in [4.78, 5) is 8.31. The van der Waals surface area contributed by atoms with Gasteiger partial charge in [-0.25, -0.2) is 14.4 Å². The lowest BCUT2D eigenvalue weighted by Crippen LogP contribution is -2.37. The van der Waals surface area contributed by atoms with Gasteiger partial charge in [-0.3, -0.25) is 0 Å². The van der Waals surface area contributed by atoms with E-state index in [9.17, 15) is 0 Å². The molecule has 4 rings (SSSR count). The van der Waals surface area contributed by atoms with Crippen LogP contribution in [0.5, 0.6) is 0 Å². The first kappa shape index (κ1) is 15.3. The van der Waals surface area contributed by atoms with Crippen molar-refractivity contribution in [2.45, 2.75) is 63.3 Å². The molecule has 0 spiro atoms. The standard InChI is InChI=1S/C16H19ClFN3O2/c1-4-16(18)7-10(11-12(16)23-15(2,3)22-11)21-6-5-9-13(17)19-8-20-14(9)21/h5-6,8,10-12H,4,7H2,1-3H3/t10-,11+,12+,16-/m1/s1. The number of hydrogen-bond donors (Lipinski definition) is 0. The maximum atomic E-state index is 15.4. The lowest BCUT2D eigenvalue weighted by Gasteiger charge is -2.27. The quantitative estimate of drug-likeness (QED) is 0.783. The van der Waals surface area contributed by atoms with Gasteiger partial charge < -0.3 is 14.0 Å². The Labute approximate surface area is 138 Å². The Morgan fingerprint density at radius 2 is 2.17 bits per heavy atom. The molecule has 5 nitrogen and oxygen atoms in total. The number of hydrogen-bond acceptors (Lipinski definition) is 4. The Balaban J connectivity index is 1.80. The van der Waals surface area contributed by atoms with Gasteiger partial charge in [0.2, 0.25) is 0 Å². The predicted molar refractivity (Wildman–Crippen MR) is 84.1 cm³/mol. The third-order valence-corrected chi connectivity index (χ3v) is 5.27. The van der Waals surface area contributed by atoms with Crippen LogP contribution in [0.3, 0.4) is 0 Å². The third-order valence-electron chi connectivity index (χ3n) is 4.97. The number of ether oxygens (including phenoxy) is 2. The van der Waals surface area contributed by atoms with E-state index in [-0.39, 0.29) is 12.1 Å². The van der Waals surface area contributed by atoms with E-state index in [2.05, 4.69) is 9.97 Å². The van der Waals surface area contributed by atoms with E-state index in [4.69, 9.17) is 21.1 Å². The molecule has 7 heteroatoms. The van der Waals surface area contributed by atoms with Crippen LogP contribution in [0.4, 0.5) is 4.39 Å². The Morgan fingerprint density at radius 3 is 2.91 bits per heavy atom. The summed E-state index contributed by atoms with van der Waals surface area (Å²) in [6.07, 6.45) is 3.11. The van der Waals surface area contributed by atoms with Gasteiger partial charge in [-0.05, 0) is 26.3 Å². The van der Waals surface area contributed by atoms with Crippen molar-refractivity contribution >= 4 is 22.6 Å². The summed E-state index contributed by atoms with van der Waals surface area (Å²) in [5.74, 6) is -0.782. The van der Waals surface area contributed by atoms with Crippen molar-refractivity contribution in [3.05, 3.63) is 23.7 Å². The van der Waals surface area contributed by atoms with Gasteiger partial charge in [0.1, 0.15) is 35.0 Å². The van der Waals surface area contributed by atoms with Gasteiger partial charge in [-0.1, -0.05) is 18.5 Å². The largest absolute Gasteiger partial charge is 0.342 e. The molecule has 3 heterocycles. The van der Waals surface area contributed by atoms with Gasteiger partial charge >= 0.3 is 0 Å². The second-order valence-electron chi connectivity index (χ2n) is 6.81. The number of alkyl halides is 1. The van der Waals surface area contributed by atoms with Crippen LogP contribution in [0, 0.1) is 0 Å². The Hall–Kier alpha value is -1.24. The Morgan fingerprint density at radius 1 is 1.39 bits per heavy atom. The zero-order valence-electron chi connectivity index (χ0n) is 13.3. The average Bonchev–Trinajstić information content (AvgIpc) is 3.12. The van der Waals surface area contributed by atoms with Gasteiger partial charge in [0, 0.05) is 12.6 Å². The molecular formula is C16H19ClFN3O2. The summed E-state index contributed by atoms with van der Waals surface area (Å²) in [6, 6.07) is 1.67. The minimum atomic E-state index is -1.41. The van der Waals surface area contributed by atoms with E-state index >= 15 is 4.39 Å². The van der Waals surface area contributed by atoms with Gasteiger partial charge in [0.05, 0.1) is 11.4 Å². The first-order chi connectivity index (χ1) is 10.8. The number of nitrogens with zero attached hydrogens (tertiary/aromatic N) is 3. The molecule has 0 bridgehead atoms. The van der Waals surface area contributed by atoms with E-state index in [1.54, 1.807) is 0 Å². The van der Waals surface area contributed by atoms with Gasteiger partial charge in [-0.15, -0.1) is 0 Å². The number of halogens is 2. The van der Waals surface area contributed by atoms with Crippen LogP contribution >= 0.6 is 11.6 Å². The summed E-state index contributed by atoms with van der Waals surface area (Å²) in [5, 5.41) is 1.16. The summed E-state index contributed by atoms with van der Waals surface area (Å²) in [6.45, 7) is 5.50. The van der Waals surface area contributed by atoms with Gasteiger partial charge in [-0.2, -0.15) is 0 Å². The van der Waals surface area contributed by atoms with Crippen molar-refractivity contribution in [3.8, 4) is 0 Å². The fourth-order valence-electron chi connectivity index (χ4n) is 3.86. The minimum Gasteiger partial charge on any atom is -0.342 e. The molecule has 2 aromatic rings. The highest BCUT2D eigenvalue weighted by atomic mass is 35.5. The van der Waals surface area contributed by atoms with Crippen LogP contribution in [0.25, 0.3) is 11.0 Å². The number of rotatable bonds is 2. The first-order valence-electron chi connectivity index (χ1n) is 7.86. The summed E-state index contributed by atoms with van der Waals surface area (Å²) >= 11 is 6.12. The zero-order valence-corrected chi connectivity index (χ0v) is 14.0. The first-order valence-corrected chi connectivity index (χ1v) is 8.24. The minimum absolute atomic E-state index is 0.185. The maximum absolute atomic E-state index is 15.4. The monoisotopic (exact) mass is 339 g/mol. The fraction of sp³-hybridized carbons (Fsp3) is 0.625. The molecule has 4 atom stereocenters. The molecule has 2 aliphatic rings. The molecule has 2 fully saturated rings. The van der Waals surface area contributed by atoms with Gasteiger partial charge in [0.15, 0.2) is 5.79 Å². The molecule has 124 valence electrons. The predicted octanol–water partition coefficient (Wildman–Crippen LogP) is 3.67. The van der Waals surface area contributed by atoms with E-state index < -0.39 is 17.6 Å². The summed E-state index contributed by atoms with van der Waals surface area (Å²) < 4.78 is 29.2. The zero-order chi connectivity index (χ0) is 16.4. The average molecular weight is 340 g/mol. The molecular weight excluding hydrogens is 321 g/mol. The van der Waals surface area contributed by atoms with E-state index in [1.165, 1.54) is 6.33 Å². The molecule has 1 aliphatic heterocycles. The van der Waals surface area contributed by atoms with E-state index in [1.807, 2.05) is 37.6 Å². The Bertz CT molecular complexity index is 765.